The molecule has 0 spiro atoms. The Morgan fingerprint density at radius 3 is 2.73 bits per heavy atom. The highest BCUT2D eigenvalue weighted by molar-refractivity contribution is 7.86. The highest BCUT2D eigenvalue weighted by Crippen LogP contribution is 2.24. The van der Waals surface area contributed by atoms with Gasteiger partial charge >= 0.3 is 10.2 Å². The molecule has 0 N–H and O–H groups in total. The zero-order valence-corrected chi connectivity index (χ0v) is 8.75. The van der Waals surface area contributed by atoms with E-state index in [0.29, 0.717) is 10.9 Å². The van der Waals surface area contributed by atoms with E-state index in [1.165, 1.54) is 12.3 Å². The van der Waals surface area contributed by atoms with E-state index in [9.17, 15) is 12.3 Å². The van der Waals surface area contributed by atoms with Crippen molar-refractivity contribution in [2.24, 2.45) is 0 Å². The summed E-state index contributed by atoms with van der Waals surface area (Å²) < 4.78 is 34.7. The van der Waals surface area contributed by atoms with E-state index in [4.69, 9.17) is 0 Å². The maximum absolute atomic E-state index is 13.0. The van der Waals surface area contributed by atoms with Gasteiger partial charge in [-0.1, -0.05) is 6.07 Å². The molecule has 2 rings (SSSR count). The number of benzene rings is 1. The molecule has 2 aromatic rings. The first-order valence-electron chi connectivity index (χ1n) is 4.28. The predicted octanol–water partition coefficient (Wildman–Crippen LogP) is 2.20. The lowest BCUT2D eigenvalue weighted by Gasteiger charge is -2.03. The summed E-state index contributed by atoms with van der Waals surface area (Å²) in [5.74, 6) is 0. The largest absolute Gasteiger partial charge is 0.334 e. The summed E-state index contributed by atoms with van der Waals surface area (Å²) in [6, 6.07) is 6.42. The molecule has 0 saturated carbocycles. The van der Waals surface area contributed by atoms with Gasteiger partial charge in [0.05, 0.1) is 5.52 Å². The quantitative estimate of drug-likeness (QED) is 0.699. The van der Waals surface area contributed by atoms with Gasteiger partial charge in [-0.2, -0.15) is 8.42 Å². The standard InChI is InChI=1S/C10H8FNO2S/c1-7-5-8-3-2-4-12-10(8)9(6-7)15(11,13)14/h2-6H,1H3. The van der Waals surface area contributed by atoms with Crippen molar-refractivity contribution in [2.45, 2.75) is 11.8 Å². The summed E-state index contributed by atoms with van der Waals surface area (Å²) in [6.45, 7) is 1.71. The Morgan fingerprint density at radius 2 is 2.07 bits per heavy atom. The molecule has 0 aliphatic carbocycles. The Hall–Kier alpha value is -1.49. The topological polar surface area (TPSA) is 47.0 Å². The van der Waals surface area contributed by atoms with Crippen molar-refractivity contribution in [3.63, 3.8) is 0 Å². The van der Waals surface area contributed by atoms with Crippen LogP contribution in [0, 0.1) is 6.92 Å². The Bertz CT molecular complexity index is 622. The van der Waals surface area contributed by atoms with Crippen molar-refractivity contribution in [2.75, 3.05) is 0 Å². The molecule has 0 aliphatic heterocycles. The zero-order valence-electron chi connectivity index (χ0n) is 7.94. The van der Waals surface area contributed by atoms with Crippen LogP contribution in [-0.2, 0) is 10.2 Å². The Kier molecular flexibility index (Phi) is 2.19. The van der Waals surface area contributed by atoms with Crippen LogP contribution < -0.4 is 0 Å². The lowest BCUT2D eigenvalue weighted by molar-refractivity contribution is 0.553. The highest BCUT2D eigenvalue weighted by atomic mass is 32.3. The minimum Gasteiger partial charge on any atom is -0.255 e. The van der Waals surface area contributed by atoms with Gasteiger partial charge in [0.15, 0.2) is 0 Å². The monoisotopic (exact) mass is 225 g/mol. The van der Waals surface area contributed by atoms with E-state index >= 15 is 0 Å². The van der Waals surface area contributed by atoms with Gasteiger partial charge in [0, 0.05) is 11.6 Å². The number of pyridine rings is 1. The van der Waals surface area contributed by atoms with Crippen molar-refractivity contribution in [1.29, 1.82) is 0 Å². The normalized spacial score (nSPS) is 11.9. The summed E-state index contributed by atoms with van der Waals surface area (Å²) in [7, 11) is -4.71. The molecular weight excluding hydrogens is 217 g/mol. The third-order valence-corrected chi connectivity index (χ3v) is 2.91. The van der Waals surface area contributed by atoms with Crippen LogP contribution in [-0.4, -0.2) is 13.4 Å². The van der Waals surface area contributed by atoms with Crippen LogP contribution in [0.15, 0.2) is 35.4 Å². The van der Waals surface area contributed by atoms with Gasteiger partial charge in [0.25, 0.3) is 0 Å². The fourth-order valence-corrected chi connectivity index (χ4v) is 2.22. The molecule has 0 radical (unpaired) electrons. The minimum atomic E-state index is -4.71. The molecule has 3 nitrogen and oxygen atoms in total. The molecular formula is C10H8FNO2S. The fourth-order valence-electron chi connectivity index (χ4n) is 1.49. The van der Waals surface area contributed by atoms with E-state index in [1.54, 1.807) is 25.1 Å². The Morgan fingerprint density at radius 1 is 1.33 bits per heavy atom. The summed E-state index contributed by atoms with van der Waals surface area (Å²) >= 11 is 0. The van der Waals surface area contributed by atoms with Crippen LogP contribution in [0.5, 0.6) is 0 Å². The number of aromatic nitrogens is 1. The van der Waals surface area contributed by atoms with E-state index < -0.39 is 10.2 Å². The molecule has 0 saturated heterocycles. The molecule has 0 bridgehead atoms. The maximum Gasteiger partial charge on any atom is 0.334 e. The van der Waals surface area contributed by atoms with Crippen molar-refractivity contribution in [3.05, 3.63) is 36.0 Å². The van der Waals surface area contributed by atoms with E-state index in [-0.39, 0.29) is 10.4 Å². The smallest absolute Gasteiger partial charge is 0.255 e. The van der Waals surface area contributed by atoms with Gasteiger partial charge in [-0.3, -0.25) is 4.98 Å². The number of fused-ring (bicyclic) bond motifs is 1. The van der Waals surface area contributed by atoms with Gasteiger partial charge < -0.3 is 0 Å². The number of nitrogens with zero attached hydrogens (tertiary/aromatic N) is 1. The lowest BCUT2D eigenvalue weighted by atomic mass is 10.1. The molecule has 78 valence electrons. The SMILES string of the molecule is Cc1cc(S(=O)(=O)F)c2ncccc2c1. The minimum absolute atomic E-state index is 0.172. The highest BCUT2D eigenvalue weighted by Gasteiger charge is 2.17. The molecule has 1 aromatic carbocycles. The van der Waals surface area contributed by atoms with Crippen LogP contribution in [0.3, 0.4) is 0 Å². The summed E-state index contributed by atoms with van der Waals surface area (Å²) in [4.78, 5) is 3.51. The zero-order chi connectivity index (χ0) is 11.1. The third-order valence-electron chi connectivity index (χ3n) is 2.08. The van der Waals surface area contributed by atoms with E-state index in [2.05, 4.69) is 4.98 Å². The first-order valence-corrected chi connectivity index (χ1v) is 5.67. The fraction of sp³-hybridized carbons (Fsp3) is 0.100. The molecule has 0 fully saturated rings. The molecule has 0 atom stereocenters. The van der Waals surface area contributed by atoms with Crippen molar-refractivity contribution >= 4 is 21.1 Å². The molecule has 0 amide bonds. The van der Waals surface area contributed by atoms with Crippen molar-refractivity contribution in [3.8, 4) is 0 Å². The lowest BCUT2D eigenvalue weighted by Crippen LogP contribution is -1.96. The van der Waals surface area contributed by atoms with Crippen molar-refractivity contribution < 1.29 is 12.3 Å². The summed E-state index contributed by atoms with van der Waals surface area (Å²) in [5, 5.41) is 0.619. The number of hydrogen-bond acceptors (Lipinski definition) is 3. The second-order valence-electron chi connectivity index (χ2n) is 3.28. The summed E-state index contributed by atoms with van der Waals surface area (Å²) in [5.41, 5.74) is 0.859. The van der Waals surface area contributed by atoms with Crippen molar-refractivity contribution in [1.82, 2.24) is 4.98 Å². The van der Waals surface area contributed by atoms with Gasteiger partial charge in [-0.15, -0.1) is 3.89 Å². The average Bonchev–Trinajstić information content (AvgIpc) is 2.15. The van der Waals surface area contributed by atoms with Gasteiger partial charge in [0.2, 0.25) is 0 Å². The van der Waals surface area contributed by atoms with Crippen LogP contribution >= 0.6 is 0 Å². The van der Waals surface area contributed by atoms with E-state index in [1.807, 2.05) is 0 Å². The van der Waals surface area contributed by atoms with Crippen LogP contribution in [0.1, 0.15) is 5.56 Å². The van der Waals surface area contributed by atoms with Gasteiger partial charge in [-0.25, -0.2) is 0 Å². The van der Waals surface area contributed by atoms with Crippen LogP contribution in [0.2, 0.25) is 0 Å². The van der Waals surface area contributed by atoms with Gasteiger partial charge in [-0.05, 0) is 30.7 Å². The Labute approximate surface area is 86.8 Å². The van der Waals surface area contributed by atoms with E-state index in [0.717, 1.165) is 0 Å². The maximum atomic E-state index is 13.0. The van der Waals surface area contributed by atoms with Crippen LogP contribution in [0.4, 0.5) is 3.89 Å². The molecule has 0 unspecified atom stereocenters. The number of halogens is 1. The number of rotatable bonds is 1. The first kappa shape index (κ1) is 10.0. The molecule has 5 heteroatoms. The van der Waals surface area contributed by atoms with Crippen LogP contribution in [0.25, 0.3) is 10.9 Å². The second kappa shape index (κ2) is 3.27. The van der Waals surface area contributed by atoms with Gasteiger partial charge in [0.1, 0.15) is 4.90 Å². The molecule has 1 heterocycles. The second-order valence-corrected chi connectivity index (χ2v) is 4.59. The third kappa shape index (κ3) is 1.83. The Balaban J connectivity index is 2.96. The number of aryl methyl sites for hydroxylation is 1. The predicted molar refractivity (Wildman–Crippen MR) is 54.8 cm³/mol. The first-order chi connectivity index (χ1) is 6.98. The molecule has 0 aliphatic rings. The molecule has 15 heavy (non-hydrogen) atoms. The summed E-state index contributed by atoms with van der Waals surface area (Å²) in [6.07, 6.45) is 1.44. The number of hydrogen-bond donors (Lipinski definition) is 0. The average molecular weight is 225 g/mol. The molecule has 1 aromatic heterocycles.